The van der Waals surface area contributed by atoms with Crippen LogP contribution >= 0.6 is 11.8 Å². The lowest BCUT2D eigenvalue weighted by Gasteiger charge is -2.26. The SMILES string of the molecule is Cc1ccc(CSCCNc2ccc(C(=O)N3CCOCC3)cc2[N+](=O)[O-])cc1. The molecule has 0 radical (unpaired) electrons. The number of thioether (sulfide) groups is 1. The van der Waals surface area contributed by atoms with Crippen LogP contribution in [0.2, 0.25) is 0 Å². The van der Waals surface area contributed by atoms with Crippen molar-refractivity contribution in [2.45, 2.75) is 12.7 Å². The Labute approximate surface area is 174 Å². The van der Waals surface area contributed by atoms with Crippen molar-refractivity contribution in [3.8, 4) is 0 Å². The van der Waals surface area contributed by atoms with E-state index in [0.29, 0.717) is 44.1 Å². The van der Waals surface area contributed by atoms with Crippen molar-refractivity contribution in [3.05, 3.63) is 69.3 Å². The molecule has 1 N–H and O–H groups in total. The summed E-state index contributed by atoms with van der Waals surface area (Å²) in [6.07, 6.45) is 0. The van der Waals surface area contributed by atoms with Gasteiger partial charge in [-0.2, -0.15) is 11.8 Å². The standard InChI is InChI=1S/C21H25N3O4S/c1-16-2-4-17(5-3-16)15-29-13-8-22-19-7-6-18(14-20(19)24(26)27)21(25)23-9-11-28-12-10-23/h2-7,14,22H,8-13,15H2,1H3. The Morgan fingerprint density at radius 1 is 1.21 bits per heavy atom. The first-order valence-electron chi connectivity index (χ1n) is 9.57. The molecule has 0 spiro atoms. The number of nitro groups is 1. The Bertz CT molecular complexity index is 852. The molecular weight excluding hydrogens is 390 g/mol. The van der Waals surface area contributed by atoms with Crippen molar-refractivity contribution in [1.29, 1.82) is 0 Å². The maximum Gasteiger partial charge on any atom is 0.293 e. The summed E-state index contributed by atoms with van der Waals surface area (Å²) in [6, 6.07) is 13.0. The zero-order valence-electron chi connectivity index (χ0n) is 16.4. The van der Waals surface area contributed by atoms with Gasteiger partial charge in [-0.1, -0.05) is 29.8 Å². The smallest absolute Gasteiger partial charge is 0.293 e. The van der Waals surface area contributed by atoms with Gasteiger partial charge in [0.15, 0.2) is 0 Å². The summed E-state index contributed by atoms with van der Waals surface area (Å²) < 4.78 is 5.25. The minimum atomic E-state index is -0.447. The van der Waals surface area contributed by atoms with Gasteiger partial charge in [-0.15, -0.1) is 0 Å². The molecule has 2 aromatic rings. The van der Waals surface area contributed by atoms with E-state index in [4.69, 9.17) is 4.74 Å². The van der Waals surface area contributed by atoms with Crippen molar-refractivity contribution in [2.24, 2.45) is 0 Å². The third kappa shape index (κ3) is 5.95. The summed E-state index contributed by atoms with van der Waals surface area (Å²) in [5.41, 5.74) is 3.19. The molecule has 1 aliphatic rings. The molecule has 0 unspecified atom stereocenters. The highest BCUT2D eigenvalue weighted by Crippen LogP contribution is 2.26. The number of morpholine rings is 1. The number of nitro benzene ring substituents is 1. The van der Waals surface area contributed by atoms with Gasteiger partial charge in [0.25, 0.3) is 11.6 Å². The molecule has 0 atom stereocenters. The molecule has 0 saturated carbocycles. The minimum Gasteiger partial charge on any atom is -0.379 e. The van der Waals surface area contributed by atoms with Gasteiger partial charge in [0.1, 0.15) is 5.69 Å². The van der Waals surface area contributed by atoms with Crippen LogP contribution < -0.4 is 5.32 Å². The third-order valence-electron chi connectivity index (χ3n) is 4.69. The van der Waals surface area contributed by atoms with Crippen LogP contribution in [-0.4, -0.2) is 54.3 Å². The van der Waals surface area contributed by atoms with E-state index in [1.807, 2.05) is 0 Å². The number of amides is 1. The summed E-state index contributed by atoms with van der Waals surface area (Å²) in [5.74, 6) is 1.52. The summed E-state index contributed by atoms with van der Waals surface area (Å²) in [5, 5.41) is 14.6. The first-order valence-corrected chi connectivity index (χ1v) is 10.7. The van der Waals surface area contributed by atoms with E-state index in [2.05, 4.69) is 36.5 Å². The molecule has 1 amide bonds. The van der Waals surface area contributed by atoms with Crippen LogP contribution in [0.4, 0.5) is 11.4 Å². The number of aryl methyl sites for hydroxylation is 1. The molecular formula is C21H25N3O4S. The van der Waals surface area contributed by atoms with Gasteiger partial charge in [-0.3, -0.25) is 14.9 Å². The van der Waals surface area contributed by atoms with Crippen LogP contribution in [0.1, 0.15) is 21.5 Å². The summed E-state index contributed by atoms with van der Waals surface area (Å²) in [6.45, 7) is 4.67. The molecule has 8 heteroatoms. The number of benzene rings is 2. The molecule has 29 heavy (non-hydrogen) atoms. The van der Waals surface area contributed by atoms with Crippen molar-refractivity contribution >= 4 is 29.0 Å². The highest BCUT2D eigenvalue weighted by Gasteiger charge is 2.22. The van der Waals surface area contributed by atoms with Crippen LogP contribution in [-0.2, 0) is 10.5 Å². The molecule has 2 aromatic carbocycles. The molecule has 0 aliphatic carbocycles. The third-order valence-corrected chi connectivity index (χ3v) is 5.72. The van der Waals surface area contributed by atoms with E-state index < -0.39 is 4.92 Å². The maximum atomic E-state index is 12.6. The Balaban J connectivity index is 1.55. The topological polar surface area (TPSA) is 84.7 Å². The zero-order chi connectivity index (χ0) is 20.6. The molecule has 1 saturated heterocycles. The van der Waals surface area contributed by atoms with Gasteiger partial charge < -0.3 is 15.0 Å². The number of ether oxygens (including phenoxy) is 1. The number of carbonyl (C=O) groups excluding carboxylic acids is 1. The molecule has 154 valence electrons. The minimum absolute atomic E-state index is 0.0763. The Morgan fingerprint density at radius 3 is 2.62 bits per heavy atom. The quantitative estimate of drug-likeness (QED) is 0.402. The number of rotatable bonds is 8. The molecule has 1 aliphatic heterocycles. The second-order valence-electron chi connectivity index (χ2n) is 6.86. The largest absolute Gasteiger partial charge is 0.379 e. The van der Waals surface area contributed by atoms with E-state index in [1.165, 1.54) is 17.2 Å². The van der Waals surface area contributed by atoms with E-state index in [1.54, 1.807) is 28.8 Å². The molecule has 7 nitrogen and oxygen atoms in total. The van der Waals surface area contributed by atoms with Crippen LogP contribution in [0.15, 0.2) is 42.5 Å². The van der Waals surface area contributed by atoms with Gasteiger partial charge in [0.05, 0.1) is 18.1 Å². The predicted octanol–water partition coefficient (Wildman–Crippen LogP) is 3.72. The summed E-state index contributed by atoms with van der Waals surface area (Å²) in [4.78, 5) is 25.3. The lowest BCUT2D eigenvalue weighted by Crippen LogP contribution is -2.40. The Hall–Kier alpha value is -2.58. The summed E-state index contributed by atoms with van der Waals surface area (Å²) >= 11 is 1.77. The lowest BCUT2D eigenvalue weighted by molar-refractivity contribution is -0.384. The monoisotopic (exact) mass is 415 g/mol. The predicted molar refractivity (Wildman–Crippen MR) is 116 cm³/mol. The fraction of sp³-hybridized carbons (Fsp3) is 0.381. The molecule has 0 bridgehead atoms. The Morgan fingerprint density at radius 2 is 1.93 bits per heavy atom. The van der Waals surface area contributed by atoms with Crippen molar-refractivity contribution < 1.29 is 14.5 Å². The average Bonchev–Trinajstić information content (AvgIpc) is 2.75. The van der Waals surface area contributed by atoms with Crippen LogP contribution in [0.5, 0.6) is 0 Å². The fourth-order valence-electron chi connectivity index (χ4n) is 3.05. The highest BCUT2D eigenvalue weighted by atomic mass is 32.2. The van der Waals surface area contributed by atoms with E-state index in [0.717, 1.165) is 11.5 Å². The van der Waals surface area contributed by atoms with Gasteiger partial charge in [0, 0.05) is 42.8 Å². The van der Waals surface area contributed by atoms with Crippen molar-refractivity contribution in [3.63, 3.8) is 0 Å². The lowest BCUT2D eigenvalue weighted by atomic mass is 10.1. The highest BCUT2D eigenvalue weighted by molar-refractivity contribution is 7.98. The number of nitrogens with zero attached hydrogens (tertiary/aromatic N) is 2. The number of hydrogen-bond donors (Lipinski definition) is 1. The number of nitrogens with one attached hydrogen (secondary N) is 1. The fourth-order valence-corrected chi connectivity index (χ4v) is 3.87. The first kappa shape index (κ1) is 21.1. The van der Waals surface area contributed by atoms with Gasteiger partial charge in [0.2, 0.25) is 0 Å². The van der Waals surface area contributed by atoms with Crippen molar-refractivity contribution in [2.75, 3.05) is 43.9 Å². The summed E-state index contributed by atoms with van der Waals surface area (Å²) in [7, 11) is 0. The Kier molecular flexibility index (Phi) is 7.48. The molecule has 0 aromatic heterocycles. The van der Waals surface area contributed by atoms with E-state index in [9.17, 15) is 14.9 Å². The van der Waals surface area contributed by atoms with Gasteiger partial charge in [-0.05, 0) is 24.6 Å². The normalized spacial score (nSPS) is 13.9. The van der Waals surface area contributed by atoms with E-state index in [-0.39, 0.29) is 11.6 Å². The number of anilines is 1. The van der Waals surface area contributed by atoms with Gasteiger partial charge in [-0.25, -0.2) is 0 Å². The number of carbonyl (C=O) groups is 1. The maximum absolute atomic E-state index is 12.6. The first-order chi connectivity index (χ1) is 14.0. The number of hydrogen-bond acceptors (Lipinski definition) is 6. The zero-order valence-corrected chi connectivity index (χ0v) is 17.2. The second kappa shape index (κ2) is 10.3. The molecule has 1 heterocycles. The molecule has 1 fully saturated rings. The second-order valence-corrected chi connectivity index (χ2v) is 7.96. The van der Waals surface area contributed by atoms with Crippen LogP contribution in [0.3, 0.4) is 0 Å². The van der Waals surface area contributed by atoms with Gasteiger partial charge >= 0.3 is 0 Å². The van der Waals surface area contributed by atoms with E-state index >= 15 is 0 Å². The average molecular weight is 416 g/mol. The molecule has 3 rings (SSSR count). The van der Waals surface area contributed by atoms with Crippen LogP contribution in [0.25, 0.3) is 0 Å². The van der Waals surface area contributed by atoms with Crippen LogP contribution in [0, 0.1) is 17.0 Å². The van der Waals surface area contributed by atoms with Crippen molar-refractivity contribution in [1.82, 2.24) is 4.90 Å².